The molecule has 0 aliphatic carbocycles. The highest BCUT2D eigenvalue weighted by molar-refractivity contribution is 7.98. The van der Waals surface area contributed by atoms with Gasteiger partial charge in [-0.15, -0.1) is 5.10 Å². The molecule has 0 saturated heterocycles. The van der Waals surface area contributed by atoms with Gasteiger partial charge >= 0.3 is 0 Å². The van der Waals surface area contributed by atoms with Crippen molar-refractivity contribution in [1.82, 2.24) is 24.5 Å². The quantitative estimate of drug-likeness (QED) is 0.585. The molecule has 0 bridgehead atoms. The van der Waals surface area contributed by atoms with Crippen LogP contribution in [0.5, 0.6) is 0 Å². The molecule has 2 heterocycles. The van der Waals surface area contributed by atoms with E-state index in [1.54, 1.807) is 4.52 Å². The van der Waals surface area contributed by atoms with Crippen molar-refractivity contribution in [2.45, 2.75) is 45.3 Å². The van der Waals surface area contributed by atoms with E-state index >= 15 is 0 Å². The first kappa shape index (κ1) is 19.4. The Bertz CT molecular complexity index is 938. The number of hydrogen-bond donors (Lipinski definition) is 0. The van der Waals surface area contributed by atoms with Crippen LogP contribution in [0.3, 0.4) is 0 Å². The van der Waals surface area contributed by atoms with Crippen molar-refractivity contribution in [1.29, 1.82) is 0 Å². The minimum Gasteiger partial charge on any atom is -0.338 e. The van der Waals surface area contributed by atoms with Crippen LogP contribution in [0.1, 0.15) is 35.9 Å². The van der Waals surface area contributed by atoms with E-state index in [0.717, 1.165) is 35.5 Å². The maximum atomic E-state index is 13.1. The summed E-state index contributed by atoms with van der Waals surface area (Å²) < 4.78 is 1.74. The van der Waals surface area contributed by atoms with Crippen LogP contribution in [-0.2, 0) is 17.8 Å². The topological polar surface area (TPSA) is 63.4 Å². The summed E-state index contributed by atoms with van der Waals surface area (Å²) >= 11 is 1.48. The Morgan fingerprint density at radius 2 is 1.93 bits per heavy atom. The van der Waals surface area contributed by atoms with Gasteiger partial charge in [-0.05, 0) is 32.1 Å². The lowest BCUT2D eigenvalue weighted by molar-refractivity contribution is -0.131. The standard InChI is InChI=1S/C20H25N5OS/c1-5-11-24(13-16-9-7-6-8-10-16)18(26)12-17-14(2)21-19-22-20(27-4)23-25(19)15(17)3/h6-10H,5,11-13H2,1-4H3. The van der Waals surface area contributed by atoms with Gasteiger partial charge in [-0.1, -0.05) is 49.0 Å². The molecule has 3 rings (SSSR count). The molecule has 0 N–H and O–H groups in total. The van der Waals surface area contributed by atoms with E-state index in [1.165, 1.54) is 11.8 Å². The fourth-order valence-electron chi connectivity index (χ4n) is 3.16. The van der Waals surface area contributed by atoms with E-state index in [4.69, 9.17) is 0 Å². The summed E-state index contributed by atoms with van der Waals surface area (Å²) in [6, 6.07) is 10.1. The van der Waals surface area contributed by atoms with Crippen LogP contribution < -0.4 is 0 Å². The molecular weight excluding hydrogens is 358 g/mol. The lowest BCUT2D eigenvalue weighted by Crippen LogP contribution is -2.33. The number of amides is 1. The zero-order valence-corrected chi connectivity index (χ0v) is 17.1. The molecule has 7 heteroatoms. The van der Waals surface area contributed by atoms with Gasteiger partial charge in [-0.25, -0.2) is 9.50 Å². The van der Waals surface area contributed by atoms with Crippen molar-refractivity contribution in [3.8, 4) is 0 Å². The number of fused-ring (bicyclic) bond motifs is 1. The van der Waals surface area contributed by atoms with E-state index in [0.29, 0.717) is 23.9 Å². The van der Waals surface area contributed by atoms with Crippen molar-refractivity contribution in [2.75, 3.05) is 12.8 Å². The Morgan fingerprint density at radius 3 is 2.59 bits per heavy atom. The number of rotatable bonds is 7. The van der Waals surface area contributed by atoms with Crippen LogP contribution in [0.4, 0.5) is 0 Å². The third kappa shape index (κ3) is 4.30. The van der Waals surface area contributed by atoms with Crippen LogP contribution in [0.25, 0.3) is 5.78 Å². The Labute approximate surface area is 164 Å². The Hall–Kier alpha value is -2.41. The van der Waals surface area contributed by atoms with Crippen molar-refractivity contribution in [3.63, 3.8) is 0 Å². The fraction of sp³-hybridized carbons (Fsp3) is 0.400. The first-order chi connectivity index (χ1) is 13.0. The van der Waals surface area contributed by atoms with Gasteiger partial charge in [0, 0.05) is 30.0 Å². The van der Waals surface area contributed by atoms with Gasteiger partial charge in [-0.3, -0.25) is 4.79 Å². The molecule has 3 aromatic rings. The zero-order chi connectivity index (χ0) is 19.4. The molecule has 0 atom stereocenters. The number of nitrogens with zero attached hydrogens (tertiary/aromatic N) is 5. The number of aromatic nitrogens is 4. The van der Waals surface area contributed by atoms with Crippen molar-refractivity contribution >= 4 is 23.4 Å². The lowest BCUT2D eigenvalue weighted by atomic mass is 10.1. The second-order valence-corrected chi connectivity index (χ2v) is 7.32. The first-order valence-corrected chi connectivity index (χ1v) is 10.3. The van der Waals surface area contributed by atoms with Gasteiger partial charge in [-0.2, -0.15) is 4.98 Å². The number of carbonyl (C=O) groups excluding carboxylic acids is 1. The van der Waals surface area contributed by atoms with E-state index < -0.39 is 0 Å². The monoisotopic (exact) mass is 383 g/mol. The third-order valence-electron chi connectivity index (χ3n) is 4.60. The average molecular weight is 384 g/mol. The SMILES string of the molecule is CCCN(Cc1ccccc1)C(=O)Cc1c(C)nc2nc(SC)nn2c1C. The lowest BCUT2D eigenvalue weighted by Gasteiger charge is -2.23. The largest absolute Gasteiger partial charge is 0.338 e. The average Bonchev–Trinajstić information content (AvgIpc) is 3.08. The number of aryl methyl sites for hydroxylation is 2. The summed E-state index contributed by atoms with van der Waals surface area (Å²) in [7, 11) is 0. The molecule has 0 aliphatic rings. The molecule has 0 spiro atoms. The van der Waals surface area contributed by atoms with Crippen molar-refractivity contribution in [2.24, 2.45) is 0 Å². The van der Waals surface area contributed by atoms with E-state index in [2.05, 4.69) is 34.1 Å². The zero-order valence-electron chi connectivity index (χ0n) is 16.3. The van der Waals surface area contributed by atoms with E-state index in [-0.39, 0.29) is 5.91 Å². The highest BCUT2D eigenvalue weighted by atomic mass is 32.2. The third-order valence-corrected chi connectivity index (χ3v) is 5.14. The van der Waals surface area contributed by atoms with Crippen LogP contribution >= 0.6 is 11.8 Å². The molecule has 0 saturated carbocycles. The summed E-state index contributed by atoms with van der Waals surface area (Å²) in [6.45, 7) is 7.37. The van der Waals surface area contributed by atoms with Gasteiger partial charge in [0.2, 0.25) is 11.1 Å². The van der Waals surface area contributed by atoms with E-state index in [9.17, 15) is 4.79 Å². The minimum absolute atomic E-state index is 0.109. The second-order valence-electron chi connectivity index (χ2n) is 6.55. The second kappa shape index (κ2) is 8.52. The van der Waals surface area contributed by atoms with Gasteiger partial charge in [0.15, 0.2) is 0 Å². The highest BCUT2D eigenvalue weighted by Crippen LogP contribution is 2.18. The van der Waals surface area contributed by atoms with Gasteiger partial charge in [0.25, 0.3) is 5.78 Å². The number of benzene rings is 1. The van der Waals surface area contributed by atoms with Gasteiger partial charge in [0.05, 0.1) is 6.42 Å². The molecule has 0 aliphatic heterocycles. The summed E-state index contributed by atoms with van der Waals surface area (Å²) in [5.41, 5.74) is 3.83. The van der Waals surface area contributed by atoms with Crippen molar-refractivity contribution in [3.05, 3.63) is 52.8 Å². The van der Waals surface area contributed by atoms with Crippen LogP contribution in [-0.4, -0.2) is 43.2 Å². The number of thioether (sulfide) groups is 1. The predicted octanol–water partition coefficient (Wildman–Crippen LogP) is 3.44. The summed E-state index contributed by atoms with van der Waals surface area (Å²) in [5.74, 6) is 0.693. The smallest absolute Gasteiger partial charge is 0.253 e. The molecule has 1 amide bonds. The van der Waals surface area contributed by atoms with Gasteiger partial charge < -0.3 is 4.90 Å². The normalized spacial score (nSPS) is 11.1. The van der Waals surface area contributed by atoms with Crippen LogP contribution in [0.2, 0.25) is 0 Å². The number of carbonyl (C=O) groups is 1. The highest BCUT2D eigenvalue weighted by Gasteiger charge is 2.19. The predicted molar refractivity (Wildman–Crippen MR) is 108 cm³/mol. The Balaban J connectivity index is 1.86. The van der Waals surface area contributed by atoms with Crippen LogP contribution in [0, 0.1) is 13.8 Å². The molecule has 142 valence electrons. The molecule has 0 unspecified atom stereocenters. The Kier molecular flexibility index (Phi) is 6.11. The summed E-state index contributed by atoms with van der Waals surface area (Å²) in [4.78, 5) is 23.9. The molecule has 0 radical (unpaired) electrons. The molecule has 1 aromatic carbocycles. The number of hydrogen-bond acceptors (Lipinski definition) is 5. The molecular formula is C20H25N5OS. The van der Waals surface area contributed by atoms with Crippen LogP contribution in [0.15, 0.2) is 35.5 Å². The minimum atomic E-state index is 0.109. The Morgan fingerprint density at radius 1 is 1.19 bits per heavy atom. The summed E-state index contributed by atoms with van der Waals surface area (Å²) in [6.07, 6.45) is 3.18. The molecule has 27 heavy (non-hydrogen) atoms. The van der Waals surface area contributed by atoms with E-state index in [1.807, 2.05) is 43.2 Å². The maximum absolute atomic E-state index is 13.1. The first-order valence-electron chi connectivity index (χ1n) is 9.12. The molecule has 6 nitrogen and oxygen atoms in total. The van der Waals surface area contributed by atoms with Gasteiger partial charge in [0.1, 0.15) is 0 Å². The maximum Gasteiger partial charge on any atom is 0.253 e. The van der Waals surface area contributed by atoms with Crippen molar-refractivity contribution < 1.29 is 4.79 Å². The fourth-order valence-corrected chi connectivity index (χ4v) is 3.50. The molecule has 0 fully saturated rings. The summed E-state index contributed by atoms with van der Waals surface area (Å²) in [5, 5.41) is 5.16. The molecule has 2 aromatic heterocycles.